The minimum atomic E-state index is -0.724. The minimum Gasteiger partial charge on any atom is -0.481 e. The van der Waals surface area contributed by atoms with Crippen LogP contribution in [0.1, 0.15) is 211 Å². The first-order valence-corrected chi connectivity index (χ1v) is 48.5. The van der Waals surface area contributed by atoms with E-state index in [0.29, 0.717) is 91.4 Å². The van der Waals surface area contributed by atoms with Crippen LogP contribution in [0.15, 0.2) is 97.2 Å². The van der Waals surface area contributed by atoms with Gasteiger partial charge in [-0.3, -0.25) is 14.4 Å². The molecule has 33 nitrogen and oxygen atoms in total. The molecule has 1 aromatic carbocycles. The van der Waals surface area contributed by atoms with Crippen molar-refractivity contribution in [1.29, 1.82) is 0 Å². The highest BCUT2D eigenvalue weighted by molar-refractivity contribution is 5.98. The van der Waals surface area contributed by atoms with Crippen molar-refractivity contribution in [3.8, 4) is 0 Å². The van der Waals surface area contributed by atoms with Crippen LogP contribution in [0, 0.1) is 11.8 Å². The second-order valence-corrected chi connectivity index (χ2v) is 42.0. The van der Waals surface area contributed by atoms with Gasteiger partial charge in [-0.15, -0.1) is 0 Å². The molecule has 16 rings (SSSR count). The highest BCUT2D eigenvalue weighted by atomic mass is 16.6. The first-order chi connectivity index (χ1) is 64.3. The number of carboxylic acid groups (broad SMARTS) is 1. The number of ketones is 2. The number of carboxylic acids is 1. The normalized spacial score (nSPS) is 19.5. The van der Waals surface area contributed by atoms with Crippen molar-refractivity contribution in [2.24, 2.45) is 17.6 Å². The van der Waals surface area contributed by atoms with E-state index in [1.165, 1.54) is 38.9 Å². The Morgan fingerprint density at radius 2 is 0.676 bits per heavy atom. The van der Waals surface area contributed by atoms with Gasteiger partial charge >= 0.3 is 42.5 Å². The molecule has 10 aliphatic rings. The number of rotatable bonds is 11. The number of nitrogens with one attached hydrogen (secondary N) is 1. The first-order valence-electron chi connectivity index (χ1n) is 48.5. The van der Waals surface area contributed by atoms with Gasteiger partial charge in [0.05, 0.1) is 5.92 Å². The lowest BCUT2D eigenvalue weighted by molar-refractivity contribution is -0.142. The predicted octanol–water partition coefficient (Wildman–Crippen LogP) is 14.1. The third-order valence-corrected chi connectivity index (χ3v) is 25.4. The Morgan fingerprint density at radius 1 is 0.368 bits per heavy atom. The molecule has 5 aliphatic carbocycles. The largest absolute Gasteiger partial charge is 0.481 e. The summed E-state index contributed by atoms with van der Waals surface area (Å²) in [6.45, 7) is 45.5. The van der Waals surface area contributed by atoms with E-state index in [0.717, 1.165) is 186 Å². The van der Waals surface area contributed by atoms with Crippen LogP contribution < -0.4 is 35.6 Å². The van der Waals surface area contributed by atoms with Crippen LogP contribution in [0.2, 0.25) is 0 Å². The summed E-state index contributed by atoms with van der Waals surface area (Å²) in [5.41, 5.74) is 17.6. The van der Waals surface area contributed by atoms with Crippen molar-refractivity contribution in [1.82, 2.24) is 54.7 Å². The van der Waals surface area contributed by atoms with Gasteiger partial charge in [-0.1, -0.05) is 30.3 Å². The van der Waals surface area contributed by atoms with Crippen LogP contribution in [0.4, 0.5) is 57.9 Å². The second kappa shape index (κ2) is 45.4. The minimum absolute atomic E-state index is 0.0424. The number of carbonyl (C=O) groups is 9. The fourth-order valence-electron chi connectivity index (χ4n) is 17.9. The van der Waals surface area contributed by atoms with Crippen LogP contribution in [0.25, 0.3) is 6.08 Å². The SMILES string of the molecule is CC(=O)C1=Cc2cnc(N3CCN(C(=O)OC(C)(C)C)CC3)cc2CC1.CC(=O)C1CCc2cc(N3CCN(C(=O)OC(C)(C)C)CC3)ncc2C1.CC(C)(C)OC(=O)N1CCN(c2cc3c(cn2)CC(C(=O)O)CC3)CC1.CC(C)(C)OC(=O)N1CCN(c2cc3c(cn2)CC(N)CC3)CC1.CC(C)(C)OC(=O)N1CCN(c2cc3c(cn2)CC(NC(=O)OCc2ccccc2)CC3)CC1. The van der Waals surface area contributed by atoms with Gasteiger partial charge < -0.3 is 93.6 Å². The van der Waals surface area contributed by atoms with Crippen LogP contribution in [0.3, 0.4) is 0 Å². The van der Waals surface area contributed by atoms with E-state index in [-0.39, 0.29) is 78.7 Å². The van der Waals surface area contributed by atoms with E-state index >= 15 is 0 Å². The van der Waals surface area contributed by atoms with Crippen molar-refractivity contribution in [3.05, 3.63) is 158 Å². The molecule has 4 N–H and O–H groups in total. The summed E-state index contributed by atoms with van der Waals surface area (Å²) >= 11 is 0. The summed E-state index contributed by atoms with van der Waals surface area (Å²) in [7, 11) is 0. The van der Waals surface area contributed by atoms with Crippen molar-refractivity contribution in [3.63, 3.8) is 0 Å². The molecule has 4 atom stereocenters. The Morgan fingerprint density at radius 3 is 1.01 bits per heavy atom. The molecular formula is C103H145N17O16. The molecule has 6 aromatic rings. The van der Waals surface area contributed by atoms with Gasteiger partial charge in [0.25, 0.3) is 0 Å². The Hall–Kier alpha value is -11.9. The lowest BCUT2D eigenvalue weighted by Crippen LogP contribution is -2.50. The predicted molar refractivity (Wildman–Crippen MR) is 523 cm³/mol. The molecule has 4 unspecified atom stereocenters. The quantitative estimate of drug-likeness (QED) is 0.101. The van der Waals surface area contributed by atoms with Crippen LogP contribution in [-0.2, 0) is 107 Å². The maximum Gasteiger partial charge on any atom is 0.410 e. The number of ether oxygens (including phenoxy) is 6. The number of hydrogen-bond donors (Lipinski definition) is 3. The molecule has 5 fully saturated rings. The first kappa shape index (κ1) is 103. The number of alkyl carbamates (subject to hydrolysis) is 1. The van der Waals surface area contributed by atoms with E-state index in [2.05, 4.69) is 85.1 Å². The number of aryl methyl sites for hydroxylation is 5. The molecule has 10 heterocycles. The number of aromatic nitrogens is 5. The molecule has 5 aromatic heterocycles. The maximum absolute atomic E-state index is 12.3. The van der Waals surface area contributed by atoms with Gasteiger partial charge in [0.1, 0.15) is 69.5 Å². The number of Topliss-reactive ketones (excluding diaryl/α,β-unsaturated/α-hetero) is 2. The molecule has 0 radical (unpaired) electrons. The molecule has 0 spiro atoms. The fourth-order valence-corrected chi connectivity index (χ4v) is 17.9. The Balaban J connectivity index is 0.000000154. The smallest absolute Gasteiger partial charge is 0.410 e. The molecule has 0 bridgehead atoms. The molecule has 5 saturated heterocycles. The topological polar surface area (TPSA) is 364 Å². The fraction of sp³-hybridized carbons (Fsp3) is 0.592. The highest BCUT2D eigenvalue weighted by Gasteiger charge is 2.36. The van der Waals surface area contributed by atoms with Gasteiger partial charge in [-0.25, -0.2) is 53.7 Å². The molecule has 5 aliphatic heterocycles. The summed E-state index contributed by atoms with van der Waals surface area (Å²) in [5, 5.41) is 12.2. The lowest BCUT2D eigenvalue weighted by atomic mass is 9.83. The van der Waals surface area contributed by atoms with Crippen LogP contribution in [0.5, 0.6) is 0 Å². The zero-order chi connectivity index (χ0) is 98.1. The van der Waals surface area contributed by atoms with E-state index in [1.54, 1.807) is 38.3 Å². The Labute approximate surface area is 802 Å². The number of nitrogens with zero attached hydrogens (tertiary/aromatic N) is 15. The third-order valence-electron chi connectivity index (χ3n) is 25.4. The van der Waals surface area contributed by atoms with Gasteiger partial charge in [-0.05, 0) is 311 Å². The van der Waals surface area contributed by atoms with Gasteiger partial charge in [0, 0.05) is 180 Å². The average Bonchev–Trinajstić information content (AvgIpc) is 0.814. The molecule has 0 saturated carbocycles. The van der Waals surface area contributed by atoms with E-state index in [9.17, 15) is 48.3 Å². The average molecular weight is 1880 g/mol. The molecular weight excluding hydrogens is 1730 g/mol. The summed E-state index contributed by atoms with van der Waals surface area (Å²) in [5.74, 6) is 4.29. The molecule has 738 valence electrons. The van der Waals surface area contributed by atoms with E-state index in [1.807, 2.05) is 171 Å². The lowest BCUT2D eigenvalue weighted by Gasteiger charge is -2.36. The standard InChI is InChI=1S/C26H34N4O4.C20H29N3O3.C20H27N3O3.C19H27N3O4.C18H28N4O2/c1-26(2,3)34-25(32)30-13-11-29(12-14-30)23-16-20-9-10-22(15-21(20)17-27-23)28-24(31)33-18-19-7-5-4-6-8-19;2*1-14(24)15-5-6-16-12-18(21-13-17(16)11-15)22-7-9-23(10-8-22)19(25)26-20(2,3)4;1-19(2,3)26-18(25)22-8-6-21(7-9-22)16-11-13-4-5-14(17(23)24)10-15(13)12-20-16;1-18(2,3)24-17(23)22-8-6-21(7-9-22)16-11-13-4-5-15(19)10-14(13)12-20-16/h4-8,16-17,22H,9-15,18H2,1-3H3,(H,28,31);12-13,15H,5-11H2,1-4H3;11-13H,5-10H2,1-4H3;11-12,14H,4-10H2,1-3H3,(H,23,24);11-12,15H,4-10,19H2,1-3H3. The van der Waals surface area contributed by atoms with Crippen LogP contribution in [-0.4, -0.2) is 280 Å². The third kappa shape index (κ3) is 30.6. The number of fused-ring (bicyclic) bond motifs is 5. The van der Waals surface area contributed by atoms with E-state index in [4.69, 9.17) is 34.2 Å². The molecule has 33 heteroatoms. The number of carbonyl (C=O) groups excluding carboxylic acids is 8. The monoisotopic (exact) mass is 1880 g/mol. The number of nitrogens with two attached hydrogens (primary N) is 1. The van der Waals surface area contributed by atoms with Crippen molar-refractivity contribution < 1.29 is 76.7 Å². The molecule has 6 amide bonds. The van der Waals surface area contributed by atoms with Gasteiger partial charge in [0.2, 0.25) is 0 Å². The Bertz CT molecular complexity index is 5070. The number of pyridine rings is 5. The van der Waals surface area contributed by atoms with Crippen molar-refractivity contribution in [2.45, 2.75) is 254 Å². The highest BCUT2D eigenvalue weighted by Crippen LogP contribution is 2.35. The summed E-state index contributed by atoms with van der Waals surface area (Å²) in [6, 6.07) is 20.7. The summed E-state index contributed by atoms with van der Waals surface area (Å²) in [4.78, 5) is 150. The second-order valence-electron chi connectivity index (χ2n) is 42.0. The number of allylic oxidation sites excluding steroid dienone is 1. The zero-order valence-electron chi connectivity index (χ0n) is 83.2. The number of amides is 6. The molecule has 136 heavy (non-hydrogen) atoms. The van der Waals surface area contributed by atoms with Gasteiger partial charge in [0.15, 0.2) is 5.78 Å². The van der Waals surface area contributed by atoms with Gasteiger partial charge in [-0.2, -0.15) is 0 Å². The van der Waals surface area contributed by atoms with Crippen molar-refractivity contribution >= 4 is 89.3 Å². The number of hydrogen-bond acceptors (Lipinski definition) is 26. The van der Waals surface area contributed by atoms with Crippen LogP contribution >= 0.6 is 0 Å². The summed E-state index contributed by atoms with van der Waals surface area (Å²) in [6.07, 6.45) is 21.7. The van der Waals surface area contributed by atoms with E-state index < -0.39 is 34.0 Å². The van der Waals surface area contributed by atoms with Crippen molar-refractivity contribution in [2.75, 3.05) is 155 Å². The zero-order valence-corrected chi connectivity index (χ0v) is 83.2. The maximum atomic E-state index is 12.3. The summed E-state index contributed by atoms with van der Waals surface area (Å²) < 4.78 is 32.6. The number of anilines is 5. The number of piperazine rings is 5. The number of benzene rings is 1. The number of aliphatic carboxylic acids is 1. The Kier molecular flexibility index (Phi) is 34.4.